The Balaban J connectivity index is 2.45. The highest BCUT2D eigenvalue weighted by Crippen LogP contribution is 2.08. The number of nitrogens with zero attached hydrogens (tertiary/aromatic N) is 3. The predicted molar refractivity (Wildman–Crippen MR) is 38.0 cm³/mol. The molecule has 0 saturated carbocycles. The van der Waals surface area contributed by atoms with Crippen molar-refractivity contribution in [3.05, 3.63) is 24.7 Å². The van der Waals surface area contributed by atoms with Crippen molar-refractivity contribution >= 4 is 6.01 Å². The molecule has 56 valence electrons. The van der Waals surface area contributed by atoms with Gasteiger partial charge in [0.05, 0.1) is 6.20 Å². The molecule has 0 bridgehead atoms. The largest absolute Gasteiger partial charge is 0.405 e. The van der Waals surface area contributed by atoms with Gasteiger partial charge >= 0.3 is 0 Å². The fourth-order valence-electron chi connectivity index (χ4n) is 0.784. The van der Waals surface area contributed by atoms with Crippen LogP contribution >= 0.6 is 0 Å². The van der Waals surface area contributed by atoms with Gasteiger partial charge in [0.1, 0.15) is 0 Å². The van der Waals surface area contributed by atoms with E-state index < -0.39 is 0 Å². The number of aromatic nitrogens is 3. The van der Waals surface area contributed by atoms with Crippen molar-refractivity contribution in [3.8, 4) is 5.88 Å². The van der Waals surface area contributed by atoms with Crippen molar-refractivity contribution in [2.24, 2.45) is 0 Å². The lowest BCUT2D eigenvalue weighted by molar-refractivity contribution is 0.534. The lowest BCUT2D eigenvalue weighted by Crippen LogP contribution is -1.90. The van der Waals surface area contributed by atoms with Crippen molar-refractivity contribution in [2.75, 3.05) is 5.73 Å². The minimum Gasteiger partial charge on any atom is -0.405 e. The Labute approximate surface area is 62.4 Å². The Morgan fingerprint density at radius 1 is 1.55 bits per heavy atom. The Morgan fingerprint density at radius 3 is 3.00 bits per heavy atom. The van der Waals surface area contributed by atoms with Gasteiger partial charge in [-0.15, -0.1) is 0 Å². The maximum Gasteiger partial charge on any atom is 0.293 e. The number of hydrogen-bond acceptors (Lipinski definition) is 4. The van der Waals surface area contributed by atoms with Crippen LogP contribution in [0.15, 0.2) is 29.1 Å². The van der Waals surface area contributed by atoms with E-state index in [9.17, 15) is 0 Å². The van der Waals surface area contributed by atoms with Crippen LogP contribution in [0.4, 0.5) is 6.01 Å². The Bertz CT molecular complexity index is 337. The molecule has 2 aromatic rings. The molecule has 11 heavy (non-hydrogen) atoms. The van der Waals surface area contributed by atoms with Crippen molar-refractivity contribution < 1.29 is 4.42 Å². The zero-order valence-corrected chi connectivity index (χ0v) is 5.64. The molecule has 0 aromatic carbocycles. The molecule has 0 aliphatic heterocycles. The van der Waals surface area contributed by atoms with E-state index in [2.05, 4.69) is 10.1 Å². The molecule has 0 fully saturated rings. The number of hydrogen-bond donors (Lipinski definition) is 1. The highest BCUT2D eigenvalue weighted by atomic mass is 16.4. The number of nitrogens with two attached hydrogens (primary N) is 1. The number of rotatable bonds is 1. The van der Waals surface area contributed by atoms with Gasteiger partial charge in [-0.25, -0.2) is 4.68 Å². The van der Waals surface area contributed by atoms with Gasteiger partial charge in [0.25, 0.3) is 6.01 Å². The van der Waals surface area contributed by atoms with E-state index >= 15 is 0 Å². The van der Waals surface area contributed by atoms with Gasteiger partial charge in [-0.1, -0.05) is 0 Å². The fourth-order valence-corrected chi connectivity index (χ4v) is 0.784. The average Bonchev–Trinajstić information content (AvgIpc) is 2.55. The SMILES string of the molecule is Nc1ncc(-n2cccn2)o1. The fraction of sp³-hybridized carbons (Fsp3) is 0. The third kappa shape index (κ3) is 0.958. The summed E-state index contributed by atoms with van der Waals surface area (Å²) in [6.07, 6.45) is 4.92. The van der Waals surface area contributed by atoms with Crippen LogP contribution in [0, 0.1) is 0 Å². The second kappa shape index (κ2) is 2.12. The second-order valence-corrected chi connectivity index (χ2v) is 1.99. The van der Waals surface area contributed by atoms with Gasteiger partial charge in [0, 0.05) is 12.4 Å². The number of oxazole rings is 1. The van der Waals surface area contributed by atoms with Crippen molar-refractivity contribution in [1.29, 1.82) is 0 Å². The van der Waals surface area contributed by atoms with Crippen LogP contribution in [0.5, 0.6) is 0 Å². The van der Waals surface area contributed by atoms with Crippen LogP contribution in [0.3, 0.4) is 0 Å². The molecule has 0 aliphatic rings. The number of nitrogen functional groups attached to an aromatic ring is 1. The Hall–Kier alpha value is -1.78. The van der Waals surface area contributed by atoms with Crippen LogP contribution in [0.2, 0.25) is 0 Å². The van der Waals surface area contributed by atoms with Gasteiger partial charge in [-0.05, 0) is 6.07 Å². The summed E-state index contributed by atoms with van der Waals surface area (Å²) in [6, 6.07) is 1.94. The second-order valence-electron chi connectivity index (χ2n) is 1.99. The molecule has 5 heteroatoms. The summed E-state index contributed by atoms with van der Waals surface area (Å²) >= 11 is 0. The zero-order chi connectivity index (χ0) is 7.68. The van der Waals surface area contributed by atoms with Crippen LogP contribution in [-0.2, 0) is 0 Å². The van der Waals surface area contributed by atoms with Crippen molar-refractivity contribution in [2.45, 2.75) is 0 Å². The van der Waals surface area contributed by atoms with Crippen molar-refractivity contribution in [3.63, 3.8) is 0 Å². The average molecular weight is 150 g/mol. The molecule has 0 radical (unpaired) electrons. The first-order chi connectivity index (χ1) is 5.36. The van der Waals surface area contributed by atoms with Gasteiger partial charge in [0.2, 0.25) is 5.88 Å². The van der Waals surface area contributed by atoms with Crippen LogP contribution in [-0.4, -0.2) is 14.8 Å². The summed E-state index contributed by atoms with van der Waals surface area (Å²) in [4.78, 5) is 3.72. The van der Waals surface area contributed by atoms with E-state index in [0.29, 0.717) is 5.88 Å². The Morgan fingerprint density at radius 2 is 2.45 bits per heavy atom. The summed E-state index contributed by atoms with van der Waals surface area (Å²) in [6.45, 7) is 0. The van der Waals surface area contributed by atoms with Gasteiger partial charge in [0.15, 0.2) is 0 Å². The minimum atomic E-state index is 0.149. The topological polar surface area (TPSA) is 69.9 Å². The van der Waals surface area contributed by atoms with E-state index in [1.807, 2.05) is 0 Å². The molecule has 0 atom stereocenters. The molecule has 0 aliphatic carbocycles. The first-order valence-corrected chi connectivity index (χ1v) is 3.07. The number of anilines is 1. The molecule has 2 rings (SSSR count). The van der Waals surface area contributed by atoms with Crippen molar-refractivity contribution in [1.82, 2.24) is 14.8 Å². The van der Waals surface area contributed by atoms with E-state index in [0.717, 1.165) is 0 Å². The third-order valence-electron chi connectivity index (χ3n) is 1.24. The van der Waals surface area contributed by atoms with Gasteiger partial charge in [-0.3, -0.25) is 0 Å². The van der Waals surface area contributed by atoms with E-state index in [4.69, 9.17) is 10.2 Å². The predicted octanol–water partition coefficient (Wildman–Crippen LogP) is 0.443. The smallest absolute Gasteiger partial charge is 0.293 e. The summed E-state index contributed by atoms with van der Waals surface area (Å²) in [5, 5.41) is 3.93. The zero-order valence-electron chi connectivity index (χ0n) is 5.64. The Kier molecular flexibility index (Phi) is 1.15. The molecule has 2 aromatic heterocycles. The molecular weight excluding hydrogens is 144 g/mol. The van der Waals surface area contributed by atoms with Crippen LogP contribution < -0.4 is 5.73 Å². The summed E-state index contributed by atoms with van der Waals surface area (Å²) in [5.41, 5.74) is 5.27. The highest BCUT2D eigenvalue weighted by Gasteiger charge is 2.00. The maximum atomic E-state index is 5.27. The molecule has 2 heterocycles. The molecule has 0 amide bonds. The molecular formula is C6H6N4O. The third-order valence-corrected chi connectivity index (χ3v) is 1.24. The summed E-state index contributed by atoms with van der Waals surface area (Å²) in [7, 11) is 0. The molecule has 5 nitrogen and oxygen atoms in total. The highest BCUT2D eigenvalue weighted by molar-refractivity contribution is 5.20. The lowest BCUT2D eigenvalue weighted by atomic mass is 10.7. The van der Waals surface area contributed by atoms with E-state index in [1.54, 1.807) is 23.1 Å². The van der Waals surface area contributed by atoms with Crippen LogP contribution in [0.25, 0.3) is 5.88 Å². The summed E-state index contributed by atoms with van der Waals surface area (Å²) in [5.74, 6) is 0.521. The first kappa shape index (κ1) is 5.96. The minimum absolute atomic E-state index is 0.149. The standard InChI is InChI=1S/C6H6N4O/c7-6-8-4-5(11-6)10-3-1-2-9-10/h1-4H,(H2,7,8). The maximum absolute atomic E-state index is 5.27. The molecule has 2 N–H and O–H groups in total. The normalized spacial score (nSPS) is 10.2. The van der Waals surface area contributed by atoms with E-state index in [1.165, 1.54) is 6.20 Å². The lowest BCUT2D eigenvalue weighted by Gasteiger charge is -1.90. The molecule has 0 unspecified atom stereocenters. The first-order valence-electron chi connectivity index (χ1n) is 3.07. The van der Waals surface area contributed by atoms with E-state index in [-0.39, 0.29) is 6.01 Å². The van der Waals surface area contributed by atoms with Gasteiger partial charge in [-0.2, -0.15) is 10.1 Å². The van der Waals surface area contributed by atoms with Crippen LogP contribution in [0.1, 0.15) is 0 Å². The molecule has 0 spiro atoms. The molecule has 0 saturated heterocycles. The monoisotopic (exact) mass is 150 g/mol. The van der Waals surface area contributed by atoms with Gasteiger partial charge < -0.3 is 10.2 Å². The quantitative estimate of drug-likeness (QED) is 0.640. The summed E-state index contributed by atoms with van der Waals surface area (Å²) < 4.78 is 6.54.